The van der Waals surface area contributed by atoms with Crippen LogP contribution in [-0.4, -0.2) is 49.0 Å². The standard InChI is InChI=1S/C16H26O5/c1-12(21-11-13-7-5-4-6-8-13)15(18)9-14(17)10-16(19-2)20-3/h4-8,12,14-18H,9-11H2,1-3H3/t12-,14+,15+/m0/s1. The Balaban J connectivity index is 2.31. The summed E-state index contributed by atoms with van der Waals surface area (Å²) < 4.78 is 15.7. The molecular formula is C16H26O5. The van der Waals surface area contributed by atoms with Crippen molar-refractivity contribution in [2.45, 2.75) is 51.0 Å². The predicted octanol–water partition coefficient (Wildman–Crippen LogP) is 1.71. The lowest BCUT2D eigenvalue weighted by molar-refractivity contribution is -0.129. The van der Waals surface area contributed by atoms with Gasteiger partial charge in [0.25, 0.3) is 0 Å². The molecule has 2 N–H and O–H groups in total. The van der Waals surface area contributed by atoms with Gasteiger partial charge in [-0.1, -0.05) is 30.3 Å². The zero-order valence-corrected chi connectivity index (χ0v) is 12.9. The predicted molar refractivity (Wildman–Crippen MR) is 79.7 cm³/mol. The Kier molecular flexibility index (Phi) is 8.49. The molecule has 1 rings (SSSR count). The van der Waals surface area contributed by atoms with Gasteiger partial charge in [-0.15, -0.1) is 0 Å². The van der Waals surface area contributed by atoms with E-state index in [1.807, 2.05) is 30.3 Å². The van der Waals surface area contributed by atoms with E-state index in [1.54, 1.807) is 6.92 Å². The first-order valence-electron chi connectivity index (χ1n) is 7.14. The minimum absolute atomic E-state index is 0.221. The maximum absolute atomic E-state index is 10.1. The molecule has 120 valence electrons. The van der Waals surface area contributed by atoms with Crippen LogP contribution in [0.3, 0.4) is 0 Å². The number of ether oxygens (including phenoxy) is 3. The quantitative estimate of drug-likeness (QED) is 0.644. The van der Waals surface area contributed by atoms with E-state index < -0.39 is 18.5 Å². The third kappa shape index (κ3) is 7.02. The zero-order chi connectivity index (χ0) is 15.7. The highest BCUT2D eigenvalue weighted by Gasteiger charge is 2.21. The smallest absolute Gasteiger partial charge is 0.159 e. The average molecular weight is 298 g/mol. The minimum Gasteiger partial charge on any atom is -0.393 e. The molecule has 5 nitrogen and oxygen atoms in total. The lowest BCUT2D eigenvalue weighted by atomic mass is 10.0. The Morgan fingerprint density at radius 2 is 1.62 bits per heavy atom. The molecule has 1 aromatic rings. The molecule has 0 heterocycles. The Bertz CT molecular complexity index is 366. The Morgan fingerprint density at radius 3 is 2.19 bits per heavy atom. The summed E-state index contributed by atoms with van der Waals surface area (Å²) in [4.78, 5) is 0. The number of hydrogen-bond donors (Lipinski definition) is 2. The third-order valence-corrected chi connectivity index (χ3v) is 3.40. The molecule has 0 saturated heterocycles. The van der Waals surface area contributed by atoms with E-state index in [0.717, 1.165) is 5.56 Å². The van der Waals surface area contributed by atoms with Crippen molar-refractivity contribution in [2.75, 3.05) is 14.2 Å². The van der Waals surface area contributed by atoms with Gasteiger partial charge in [-0.2, -0.15) is 0 Å². The summed E-state index contributed by atoms with van der Waals surface area (Å²) in [5.74, 6) is 0. The molecule has 0 aliphatic carbocycles. The van der Waals surface area contributed by atoms with Crippen molar-refractivity contribution in [3.05, 3.63) is 35.9 Å². The Labute approximate surface area is 126 Å². The first-order chi connectivity index (χ1) is 10.1. The van der Waals surface area contributed by atoms with E-state index in [4.69, 9.17) is 14.2 Å². The summed E-state index contributed by atoms with van der Waals surface area (Å²) in [5.41, 5.74) is 1.05. The average Bonchev–Trinajstić information content (AvgIpc) is 2.51. The van der Waals surface area contributed by atoms with E-state index in [1.165, 1.54) is 14.2 Å². The monoisotopic (exact) mass is 298 g/mol. The highest BCUT2D eigenvalue weighted by molar-refractivity contribution is 5.13. The molecule has 5 heteroatoms. The van der Waals surface area contributed by atoms with Gasteiger partial charge in [0.2, 0.25) is 0 Å². The molecule has 0 saturated carbocycles. The Morgan fingerprint density at radius 1 is 1.00 bits per heavy atom. The summed E-state index contributed by atoms with van der Waals surface area (Å²) in [6.07, 6.45) is -1.73. The molecule has 0 aliphatic heterocycles. The summed E-state index contributed by atoms with van der Waals surface area (Å²) >= 11 is 0. The molecule has 0 aromatic heterocycles. The second-order valence-corrected chi connectivity index (χ2v) is 5.10. The maximum Gasteiger partial charge on any atom is 0.159 e. The molecule has 0 spiro atoms. The van der Waals surface area contributed by atoms with Gasteiger partial charge >= 0.3 is 0 Å². The topological polar surface area (TPSA) is 68.2 Å². The second-order valence-electron chi connectivity index (χ2n) is 5.10. The maximum atomic E-state index is 10.1. The van der Waals surface area contributed by atoms with Crippen molar-refractivity contribution in [1.82, 2.24) is 0 Å². The number of aliphatic hydroxyl groups excluding tert-OH is 2. The van der Waals surface area contributed by atoms with Crippen molar-refractivity contribution < 1.29 is 24.4 Å². The fourth-order valence-electron chi connectivity index (χ4n) is 1.99. The second kappa shape index (κ2) is 9.87. The molecule has 0 bridgehead atoms. The number of rotatable bonds is 10. The van der Waals surface area contributed by atoms with Gasteiger partial charge < -0.3 is 24.4 Å². The van der Waals surface area contributed by atoms with Crippen LogP contribution in [0.25, 0.3) is 0 Å². The van der Waals surface area contributed by atoms with Crippen LogP contribution >= 0.6 is 0 Å². The molecule has 21 heavy (non-hydrogen) atoms. The van der Waals surface area contributed by atoms with Gasteiger partial charge in [0, 0.05) is 27.1 Å². The van der Waals surface area contributed by atoms with Crippen LogP contribution in [0.1, 0.15) is 25.3 Å². The van der Waals surface area contributed by atoms with E-state index in [2.05, 4.69) is 0 Å². The van der Waals surface area contributed by atoms with Gasteiger partial charge in [-0.3, -0.25) is 0 Å². The summed E-state index contributed by atoms with van der Waals surface area (Å²) in [5, 5.41) is 20.0. The summed E-state index contributed by atoms with van der Waals surface area (Å²) in [6, 6.07) is 9.77. The van der Waals surface area contributed by atoms with Crippen LogP contribution in [0.2, 0.25) is 0 Å². The lowest BCUT2D eigenvalue weighted by Gasteiger charge is -2.23. The van der Waals surface area contributed by atoms with Crippen LogP contribution in [0.5, 0.6) is 0 Å². The van der Waals surface area contributed by atoms with Crippen molar-refractivity contribution in [1.29, 1.82) is 0 Å². The number of hydrogen-bond acceptors (Lipinski definition) is 5. The fraction of sp³-hybridized carbons (Fsp3) is 0.625. The van der Waals surface area contributed by atoms with Crippen molar-refractivity contribution in [3.63, 3.8) is 0 Å². The van der Waals surface area contributed by atoms with Crippen LogP contribution in [0.15, 0.2) is 30.3 Å². The number of aliphatic hydroxyl groups is 2. The lowest BCUT2D eigenvalue weighted by Crippen LogP contribution is -2.32. The molecule has 0 amide bonds. The molecule has 0 unspecified atom stereocenters. The van der Waals surface area contributed by atoms with E-state index in [0.29, 0.717) is 13.0 Å². The summed E-state index contributed by atoms with van der Waals surface area (Å²) in [6.45, 7) is 2.23. The molecule has 0 fully saturated rings. The summed E-state index contributed by atoms with van der Waals surface area (Å²) in [7, 11) is 3.03. The van der Waals surface area contributed by atoms with Crippen molar-refractivity contribution >= 4 is 0 Å². The molecule has 1 aromatic carbocycles. The largest absolute Gasteiger partial charge is 0.393 e. The van der Waals surface area contributed by atoms with E-state index in [-0.39, 0.29) is 12.5 Å². The minimum atomic E-state index is -0.738. The van der Waals surface area contributed by atoms with Gasteiger partial charge in [0.05, 0.1) is 24.9 Å². The first-order valence-corrected chi connectivity index (χ1v) is 7.14. The Hall–Kier alpha value is -0.980. The normalized spacial score (nSPS) is 15.9. The molecule has 3 atom stereocenters. The highest BCUT2D eigenvalue weighted by Crippen LogP contribution is 2.13. The molecule has 0 radical (unpaired) electrons. The molecule has 0 aliphatic rings. The van der Waals surface area contributed by atoms with Crippen molar-refractivity contribution in [3.8, 4) is 0 Å². The van der Waals surface area contributed by atoms with Crippen LogP contribution in [-0.2, 0) is 20.8 Å². The van der Waals surface area contributed by atoms with Crippen molar-refractivity contribution in [2.24, 2.45) is 0 Å². The zero-order valence-electron chi connectivity index (χ0n) is 12.9. The van der Waals surface area contributed by atoms with Gasteiger partial charge in [0.15, 0.2) is 6.29 Å². The van der Waals surface area contributed by atoms with E-state index >= 15 is 0 Å². The van der Waals surface area contributed by atoms with Crippen LogP contribution < -0.4 is 0 Å². The van der Waals surface area contributed by atoms with E-state index in [9.17, 15) is 10.2 Å². The number of benzene rings is 1. The fourth-order valence-corrected chi connectivity index (χ4v) is 1.99. The van der Waals surface area contributed by atoms with Gasteiger partial charge in [0.1, 0.15) is 0 Å². The molecular weight excluding hydrogens is 272 g/mol. The van der Waals surface area contributed by atoms with Gasteiger partial charge in [-0.25, -0.2) is 0 Å². The number of methoxy groups -OCH3 is 2. The van der Waals surface area contributed by atoms with Gasteiger partial charge in [-0.05, 0) is 12.5 Å². The first kappa shape index (κ1) is 18.1. The highest BCUT2D eigenvalue weighted by atomic mass is 16.7. The van der Waals surface area contributed by atoms with Crippen LogP contribution in [0.4, 0.5) is 0 Å². The SMILES string of the molecule is COC(C[C@H](O)C[C@@H](O)[C@H](C)OCc1ccccc1)OC. The third-order valence-electron chi connectivity index (χ3n) is 3.40. The van der Waals surface area contributed by atoms with Crippen LogP contribution in [0, 0.1) is 0 Å².